The maximum Gasteiger partial charge on any atom is 0.266 e. The molecule has 9 nitrogen and oxygen atoms in total. The van der Waals surface area contributed by atoms with E-state index in [1.165, 1.54) is 20.3 Å². The fourth-order valence-corrected chi connectivity index (χ4v) is 2.64. The van der Waals surface area contributed by atoms with Crippen LogP contribution in [0, 0.1) is 18.3 Å². The van der Waals surface area contributed by atoms with E-state index >= 15 is 0 Å². The molecular formula is C22H20N4O5. The molecule has 0 aliphatic carbocycles. The largest absolute Gasteiger partial charge is 0.493 e. The Bertz CT molecular complexity index is 1130. The maximum atomic E-state index is 12.5. The van der Waals surface area contributed by atoms with Gasteiger partial charge in [0.05, 0.1) is 14.2 Å². The minimum Gasteiger partial charge on any atom is -0.493 e. The van der Waals surface area contributed by atoms with Gasteiger partial charge in [-0.25, -0.2) is 0 Å². The Morgan fingerprint density at radius 1 is 1.16 bits per heavy atom. The number of rotatable bonds is 8. The number of aromatic nitrogens is 2. The molecule has 0 saturated heterocycles. The molecule has 0 unspecified atom stereocenters. The number of methoxy groups -OCH3 is 2. The van der Waals surface area contributed by atoms with Crippen molar-refractivity contribution in [2.45, 2.75) is 13.5 Å². The van der Waals surface area contributed by atoms with Gasteiger partial charge in [-0.2, -0.15) is 10.2 Å². The monoisotopic (exact) mass is 420 g/mol. The van der Waals surface area contributed by atoms with Crippen molar-refractivity contribution >= 4 is 17.7 Å². The minimum atomic E-state index is -0.539. The maximum absolute atomic E-state index is 12.5. The minimum absolute atomic E-state index is 0.0503. The molecule has 0 radical (unpaired) electrons. The summed E-state index contributed by atoms with van der Waals surface area (Å²) in [5.74, 6) is 1.97. The smallest absolute Gasteiger partial charge is 0.266 e. The number of hydrogen-bond acceptors (Lipinski definition) is 8. The highest BCUT2D eigenvalue weighted by atomic mass is 16.5. The summed E-state index contributed by atoms with van der Waals surface area (Å²) >= 11 is 0. The quantitative estimate of drug-likeness (QED) is 0.434. The Kier molecular flexibility index (Phi) is 6.85. The number of anilines is 1. The fraction of sp³-hybridized carbons (Fsp3) is 0.182. The molecule has 0 aliphatic rings. The van der Waals surface area contributed by atoms with Crippen molar-refractivity contribution in [2.24, 2.45) is 0 Å². The van der Waals surface area contributed by atoms with Crippen LogP contribution in [0.4, 0.5) is 5.69 Å². The lowest BCUT2D eigenvalue weighted by Gasteiger charge is -2.10. The van der Waals surface area contributed by atoms with Gasteiger partial charge in [-0.05, 0) is 35.9 Å². The first-order valence-corrected chi connectivity index (χ1v) is 9.19. The standard InChI is InChI=1S/C22H20N4O5/c1-14-24-21(26-31-14)13-30-18-7-4-15(5-8-18)10-16(12-23)22(27)25-17-6-9-19(28-2)20(11-17)29-3/h4-11H,13H2,1-3H3,(H,25,27)/b16-10-. The second kappa shape index (κ2) is 9.93. The van der Waals surface area contributed by atoms with Crippen molar-refractivity contribution in [2.75, 3.05) is 19.5 Å². The Balaban J connectivity index is 1.66. The van der Waals surface area contributed by atoms with Crippen LogP contribution in [-0.2, 0) is 11.4 Å². The van der Waals surface area contributed by atoms with Gasteiger partial charge in [-0.15, -0.1) is 0 Å². The normalized spacial score (nSPS) is 10.8. The molecule has 0 aliphatic heterocycles. The van der Waals surface area contributed by atoms with E-state index in [-0.39, 0.29) is 12.2 Å². The number of ether oxygens (including phenoxy) is 3. The molecule has 1 N–H and O–H groups in total. The van der Waals surface area contributed by atoms with Gasteiger partial charge in [-0.3, -0.25) is 4.79 Å². The summed E-state index contributed by atoms with van der Waals surface area (Å²) in [6.45, 7) is 1.87. The van der Waals surface area contributed by atoms with Crippen LogP contribution >= 0.6 is 0 Å². The first-order chi connectivity index (χ1) is 15.0. The molecule has 1 amide bonds. The highest BCUT2D eigenvalue weighted by molar-refractivity contribution is 6.09. The van der Waals surface area contributed by atoms with Crippen molar-refractivity contribution in [3.05, 3.63) is 65.3 Å². The van der Waals surface area contributed by atoms with Crippen LogP contribution < -0.4 is 19.5 Å². The van der Waals surface area contributed by atoms with E-state index in [2.05, 4.69) is 15.5 Å². The van der Waals surface area contributed by atoms with E-state index in [9.17, 15) is 10.1 Å². The van der Waals surface area contributed by atoms with E-state index in [1.54, 1.807) is 49.4 Å². The zero-order chi connectivity index (χ0) is 22.2. The molecule has 2 aromatic carbocycles. The van der Waals surface area contributed by atoms with E-state index in [4.69, 9.17) is 18.7 Å². The predicted octanol–water partition coefficient (Wildman–Crippen LogP) is 3.52. The fourth-order valence-electron chi connectivity index (χ4n) is 2.64. The van der Waals surface area contributed by atoms with Gasteiger partial charge < -0.3 is 24.1 Å². The molecule has 0 spiro atoms. The molecule has 158 valence electrons. The van der Waals surface area contributed by atoms with Gasteiger partial charge in [-0.1, -0.05) is 17.3 Å². The lowest BCUT2D eigenvalue weighted by Crippen LogP contribution is -2.13. The Labute approximate surface area is 178 Å². The average molecular weight is 420 g/mol. The highest BCUT2D eigenvalue weighted by Crippen LogP contribution is 2.30. The molecule has 0 saturated carbocycles. The number of nitriles is 1. The third-order valence-corrected chi connectivity index (χ3v) is 4.14. The van der Waals surface area contributed by atoms with E-state index in [0.29, 0.717) is 40.2 Å². The molecule has 0 bridgehead atoms. The van der Waals surface area contributed by atoms with Crippen molar-refractivity contribution in [3.8, 4) is 23.3 Å². The molecule has 0 fully saturated rings. The summed E-state index contributed by atoms with van der Waals surface area (Å²) < 4.78 is 20.9. The SMILES string of the molecule is COc1ccc(NC(=O)/C(C#N)=C\c2ccc(OCc3noc(C)n3)cc2)cc1OC. The Morgan fingerprint density at radius 2 is 1.90 bits per heavy atom. The number of benzene rings is 2. The molecule has 31 heavy (non-hydrogen) atoms. The van der Waals surface area contributed by atoms with E-state index in [0.717, 1.165) is 0 Å². The van der Waals surface area contributed by atoms with Gasteiger partial charge in [0.15, 0.2) is 18.1 Å². The zero-order valence-corrected chi connectivity index (χ0v) is 17.2. The number of nitrogens with zero attached hydrogens (tertiary/aromatic N) is 3. The number of hydrogen-bond donors (Lipinski definition) is 1. The number of aryl methyl sites for hydroxylation is 1. The van der Waals surface area contributed by atoms with E-state index in [1.807, 2.05) is 6.07 Å². The van der Waals surface area contributed by atoms with Gasteiger partial charge >= 0.3 is 0 Å². The predicted molar refractivity (Wildman–Crippen MR) is 112 cm³/mol. The first kappa shape index (κ1) is 21.4. The molecular weight excluding hydrogens is 400 g/mol. The van der Waals surface area contributed by atoms with Crippen molar-refractivity contribution < 1.29 is 23.5 Å². The number of amides is 1. The van der Waals surface area contributed by atoms with Crippen LogP contribution in [0.25, 0.3) is 6.08 Å². The summed E-state index contributed by atoms with van der Waals surface area (Å²) in [4.78, 5) is 16.6. The summed E-state index contributed by atoms with van der Waals surface area (Å²) in [6.07, 6.45) is 1.49. The van der Waals surface area contributed by atoms with Crippen LogP contribution in [-0.4, -0.2) is 30.3 Å². The summed E-state index contributed by atoms with van der Waals surface area (Å²) in [5.41, 5.74) is 1.09. The molecule has 0 atom stereocenters. The molecule has 1 heterocycles. The van der Waals surface area contributed by atoms with Crippen LogP contribution in [0.1, 0.15) is 17.3 Å². The van der Waals surface area contributed by atoms with Crippen LogP contribution in [0.5, 0.6) is 17.2 Å². The Hall–Kier alpha value is -4.32. The topological polar surface area (TPSA) is 120 Å². The van der Waals surface area contributed by atoms with Crippen molar-refractivity contribution in [3.63, 3.8) is 0 Å². The lowest BCUT2D eigenvalue weighted by molar-refractivity contribution is -0.112. The summed E-state index contributed by atoms with van der Waals surface area (Å²) in [6, 6.07) is 13.8. The van der Waals surface area contributed by atoms with Crippen molar-refractivity contribution in [1.29, 1.82) is 5.26 Å². The molecule has 3 aromatic rings. The number of nitrogens with one attached hydrogen (secondary N) is 1. The first-order valence-electron chi connectivity index (χ1n) is 9.19. The molecule has 9 heteroatoms. The van der Waals surface area contributed by atoms with E-state index < -0.39 is 5.91 Å². The molecule has 1 aromatic heterocycles. The average Bonchev–Trinajstić information content (AvgIpc) is 3.21. The van der Waals surface area contributed by atoms with Gasteiger partial charge in [0.1, 0.15) is 17.4 Å². The zero-order valence-electron chi connectivity index (χ0n) is 17.2. The van der Waals surface area contributed by atoms with Crippen LogP contribution in [0.3, 0.4) is 0 Å². The lowest BCUT2D eigenvalue weighted by atomic mass is 10.1. The second-order valence-electron chi connectivity index (χ2n) is 6.28. The van der Waals surface area contributed by atoms with Crippen molar-refractivity contribution in [1.82, 2.24) is 10.1 Å². The number of carbonyl (C=O) groups is 1. The van der Waals surface area contributed by atoms with Gasteiger partial charge in [0.2, 0.25) is 11.7 Å². The third kappa shape index (κ3) is 5.61. The summed E-state index contributed by atoms with van der Waals surface area (Å²) in [5, 5.41) is 15.8. The van der Waals surface area contributed by atoms with Gasteiger partial charge in [0, 0.05) is 18.7 Å². The highest BCUT2D eigenvalue weighted by Gasteiger charge is 2.12. The molecule has 3 rings (SSSR count). The third-order valence-electron chi connectivity index (χ3n) is 4.14. The Morgan fingerprint density at radius 3 is 2.52 bits per heavy atom. The van der Waals surface area contributed by atoms with Crippen LogP contribution in [0.15, 0.2) is 52.6 Å². The second-order valence-corrected chi connectivity index (χ2v) is 6.28. The summed E-state index contributed by atoms with van der Waals surface area (Å²) in [7, 11) is 3.02. The number of carbonyl (C=O) groups excluding carboxylic acids is 1. The van der Waals surface area contributed by atoms with Crippen LogP contribution in [0.2, 0.25) is 0 Å². The van der Waals surface area contributed by atoms with Gasteiger partial charge in [0.25, 0.3) is 5.91 Å².